The van der Waals surface area contributed by atoms with Gasteiger partial charge in [0.05, 0.1) is 18.8 Å². The third-order valence-corrected chi connectivity index (χ3v) is 6.40. The molecule has 5 heteroatoms. The Morgan fingerprint density at radius 3 is 2.29 bits per heavy atom. The van der Waals surface area contributed by atoms with E-state index >= 15 is 0 Å². The van der Waals surface area contributed by atoms with Gasteiger partial charge in [0, 0.05) is 12.6 Å². The first-order valence-corrected chi connectivity index (χ1v) is 10.4. The Balaban J connectivity index is 1.83. The first-order valence-electron chi connectivity index (χ1n) is 8.39. The molecule has 0 spiro atoms. The highest BCUT2D eigenvalue weighted by Gasteiger charge is 2.37. The van der Waals surface area contributed by atoms with E-state index in [1.807, 2.05) is 0 Å². The second kappa shape index (κ2) is 7.12. The quantitative estimate of drug-likeness (QED) is 0.750. The van der Waals surface area contributed by atoms with Crippen LogP contribution >= 0.6 is 7.60 Å². The number of rotatable bonds is 6. The normalized spacial score (nSPS) is 43.1. The maximum Gasteiger partial charge on any atom is 0.327 e. The van der Waals surface area contributed by atoms with Gasteiger partial charge in [0.25, 0.3) is 0 Å². The summed E-state index contributed by atoms with van der Waals surface area (Å²) in [4.78, 5) is 0. The largest absolute Gasteiger partial charge is 0.393 e. The summed E-state index contributed by atoms with van der Waals surface area (Å²) in [5, 5.41) is 9.94. The van der Waals surface area contributed by atoms with Crippen LogP contribution in [0.25, 0.3) is 0 Å². The molecule has 2 fully saturated rings. The molecule has 0 saturated heterocycles. The van der Waals surface area contributed by atoms with Crippen LogP contribution in [0.1, 0.15) is 52.9 Å². The molecule has 0 aromatic rings. The third-order valence-electron chi connectivity index (χ3n) is 5.13. The summed E-state index contributed by atoms with van der Waals surface area (Å²) in [5.41, 5.74) is 0. The summed E-state index contributed by atoms with van der Waals surface area (Å²) in [6, 6.07) is 0. The minimum absolute atomic E-state index is 0.0632. The first-order chi connectivity index (χ1) is 9.80. The Morgan fingerprint density at radius 2 is 1.71 bits per heavy atom. The van der Waals surface area contributed by atoms with Crippen LogP contribution in [-0.4, -0.2) is 30.6 Å². The van der Waals surface area contributed by atoms with Crippen LogP contribution < -0.4 is 0 Å². The maximum absolute atomic E-state index is 12.6. The predicted octanol–water partition coefficient (Wildman–Crippen LogP) is 4.07. The summed E-state index contributed by atoms with van der Waals surface area (Å²) in [5.74, 6) is 1.75. The van der Waals surface area contributed by atoms with Crippen LogP contribution in [0.3, 0.4) is 0 Å². The topological polar surface area (TPSA) is 55.8 Å². The molecule has 6 unspecified atom stereocenters. The summed E-state index contributed by atoms with van der Waals surface area (Å²) in [6.07, 6.45) is 4.69. The zero-order chi connectivity index (χ0) is 15.6. The van der Waals surface area contributed by atoms with Gasteiger partial charge in [0.1, 0.15) is 0 Å². The van der Waals surface area contributed by atoms with Crippen molar-refractivity contribution in [3.63, 3.8) is 0 Å². The Bertz CT molecular complexity index is 386. The highest BCUT2D eigenvalue weighted by atomic mass is 31.2. The maximum atomic E-state index is 12.6. The van der Waals surface area contributed by atoms with Crippen molar-refractivity contribution < 1.29 is 18.7 Å². The van der Waals surface area contributed by atoms with Crippen molar-refractivity contribution >= 4 is 7.60 Å². The zero-order valence-electron chi connectivity index (χ0n) is 13.8. The van der Waals surface area contributed by atoms with Crippen LogP contribution in [-0.2, 0) is 13.6 Å². The molecule has 0 aromatic carbocycles. The molecular formula is C16H31O4P. The van der Waals surface area contributed by atoms with Crippen LogP contribution in [0.2, 0.25) is 0 Å². The monoisotopic (exact) mass is 318 g/mol. The van der Waals surface area contributed by atoms with E-state index in [2.05, 4.69) is 20.8 Å². The molecule has 0 bridgehead atoms. The number of aliphatic hydroxyl groups excluding tert-OH is 1. The standard InChI is InChI=1S/C16H31O4P/c1-5-13-6-12(3)9-16(13)20-21(4,18)19-10-14-7-11(2)8-15(14)17/h11-17H,5-10H2,1-4H3/t11?,12?,13?,14?,15?,16?,21-/m1/s1. The third kappa shape index (κ3) is 4.79. The lowest BCUT2D eigenvalue weighted by atomic mass is 10.0. The highest BCUT2D eigenvalue weighted by Crippen LogP contribution is 2.51. The van der Waals surface area contributed by atoms with Crippen LogP contribution in [0.15, 0.2) is 0 Å². The van der Waals surface area contributed by atoms with E-state index in [0.717, 1.165) is 32.1 Å². The fraction of sp³-hybridized carbons (Fsp3) is 1.00. The molecule has 4 nitrogen and oxygen atoms in total. The second-order valence-electron chi connectivity index (χ2n) is 7.36. The first kappa shape index (κ1) is 17.5. The van der Waals surface area contributed by atoms with Crippen molar-refractivity contribution in [3.05, 3.63) is 0 Å². The molecule has 0 aromatic heterocycles. The molecule has 0 heterocycles. The Kier molecular flexibility index (Phi) is 5.92. The Morgan fingerprint density at radius 1 is 1.10 bits per heavy atom. The van der Waals surface area contributed by atoms with Gasteiger partial charge >= 0.3 is 7.60 Å². The fourth-order valence-electron chi connectivity index (χ4n) is 3.97. The van der Waals surface area contributed by atoms with Gasteiger partial charge in [-0.3, -0.25) is 4.57 Å². The van der Waals surface area contributed by atoms with Gasteiger partial charge in [-0.1, -0.05) is 27.2 Å². The predicted molar refractivity (Wildman–Crippen MR) is 84.4 cm³/mol. The molecule has 0 amide bonds. The Labute approximate surface area is 129 Å². The average Bonchev–Trinajstić information content (AvgIpc) is 2.88. The minimum atomic E-state index is -3.03. The highest BCUT2D eigenvalue weighted by molar-refractivity contribution is 7.53. The average molecular weight is 318 g/mol. The van der Waals surface area contributed by atoms with Gasteiger partial charge in [-0.2, -0.15) is 0 Å². The van der Waals surface area contributed by atoms with Gasteiger partial charge in [-0.25, -0.2) is 0 Å². The zero-order valence-corrected chi connectivity index (χ0v) is 14.7. The van der Waals surface area contributed by atoms with Crippen molar-refractivity contribution in [1.82, 2.24) is 0 Å². The van der Waals surface area contributed by atoms with E-state index in [1.165, 1.54) is 0 Å². The van der Waals surface area contributed by atoms with E-state index in [9.17, 15) is 9.67 Å². The van der Waals surface area contributed by atoms with Gasteiger partial charge in [-0.15, -0.1) is 0 Å². The lowest BCUT2D eigenvalue weighted by Gasteiger charge is -2.24. The van der Waals surface area contributed by atoms with E-state index in [4.69, 9.17) is 9.05 Å². The van der Waals surface area contributed by atoms with Crippen molar-refractivity contribution in [2.24, 2.45) is 23.7 Å². The van der Waals surface area contributed by atoms with Crippen molar-refractivity contribution in [1.29, 1.82) is 0 Å². The van der Waals surface area contributed by atoms with Crippen molar-refractivity contribution in [3.8, 4) is 0 Å². The second-order valence-corrected chi connectivity index (χ2v) is 9.37. The van der Waals surface area contributed by atoms with E-state index in [1.54, 1.807) is 6.66 Å². The molecule has 0 radical (unpaired) electrons. The van der Waals surface area contributed by atoms with Gasteiger partial charge < -0.3 is 14.2 Å². The minimum Gasteiger partial charge on any atom is -0.393 e. The summed E-state index contributed by atoms with van der Waals surface area (Å²) in [6.45, 7) is 8.45. The Hall–Kier alpha value is 0.110. The SMILES string of the molecule is CCC1CC(C)CC1O[P@](C)(=O)OCC1CC(C)CC1O. The fourth-order valence-corrected chi connectivity index (χ4v) is 5.25. The lowest BCUT2D eigenvalue weighted by molar-refractivity contribution is 0.0754. The molecule has 2 aliphatic carbocycles. The van der Waals surface area contributed by atoms with Crippen LogP contribution in [0.4, 0.5) is 0 Å². The van der Waals surface area contributed by atoms with E-state index in [0.29, 0.717) is 24.4 Å². The molecule has 21 heavy (non-hydrogen) atoms. The number of aliphatic hydroxyl groups is 1. The molecule has 1 N–H and O–H groups in total. The molecule has 2 rings (SSSR count). The number of hydrogen-bond donors (Lipinski definition) is 1. The summed E-state index contributed by atoms with van der Waals surface area (Å²) < 4.78 is 24.0. The smallest absolute Gasteiger partial charge is 0.327 e. The van der Waals surface area contributed by atoms with E-state index < -0.39 is 7.60 Å². The molecule has 2 saturated carbocycles. The molecule has 124 valence electrons. The van der Waals surface area contributed by atoms with E-state index in [-0.39, 0.29) is 18.1 Å². The van der Waals surface area contributed by atoms with Crippen molar-refractivity contribution in [2.75, 3.05) is 13.3 Å². The van der Waals surface area contributed by atoms with Crippen molar-refractivity contribution in [2.45, 2.75) is 65.1 Å². The number of hydrogen-bond acceptors (Lipinski definition) is 4. The summed E-state index contributed by atoms with van der Waals surface area (Å²) >= 11 is 0. The van der Waals surface area contributed by atoms with Gasteiger partial charge in [0.15, 0.2) is 0 Å². The van der Waals surface area contributed by atoms with Crippen LogP contribution in [0.5, 0.6) is 0 Å². The molecular weight excluding hydrogens is 287 g/mol. The van der Waals surface area contributed by atoms with Crippen LogP contribution in [0, 0.1) is 23.7 Å². The molecule has 0 aliphatic heterocycles. The molecule has 2 aliphatic rings. The van der Waals surface area contributed by atoms with Gasteiger partial charge in [-0.05, 0) is 43.4 Å². The lowest BCUT2D eigenvalue weighted by Crippen LogP contribution is -2.20. The molecule has 7 atom stereocenters. The van der Waals surface area contributed by atoms with Gasteiger partial charge in [0.2, 0.25) is 0 Å². The summed E-state index contributed by atoms with van der Waals surface area (Å²) in [7, 11) is -3.03.